The van der Waals surface area contributed by atoms with Gasteiger partial charge in [-0.05, 0) is 0 Å². The molecule has 68 valence electrons. The van der Waals surface area contributed by atoms with E-state index < -0.39 is 9.84 Å². The molecule has 12 heavy (non-hydrogen) atoms. The van der Waals surface area contributed by atoms with Crippen LogP contribution in [-0.2, 0) is 14.6 Å². The van der Waals surface area contributed by atoms with Gasteiger partial charge < -0.3 is 10.6 Å². The summed E-state index contributed by atoms with van der Waals surface area (Å²) in [7, 11) is -2.93. The van der Waals surface area contributed by atoms with Crippen LogP contribution in [0.15, 0.2) is 0 Å². The Balaban J connectivity index is 2.17. The predicted octanol–water partition coefficient (Wildman–Crippen LogP) is -2.13. The third kappa shape index (κ3) is 1.32. The maximum Gasteiger partial charge on any atom is 0.234 e. The lowest BCUT2D eigenvalue weighted by Crippen LogP contribution is -2.58. The molecule has 0 aromatic rings. The van der Waals surface area contributed by atoms with E-state index in [-0.39, 0.29) is 36.0 Å². The molecule has 5 nitrogen and oxygen atoms in total. The van der Waals surface area contributed by atoms with Crippen LogP contribution in [0, 0.1) is 0 Å². The van der Waals surface area contributed by atoms with Crippen molar-refractivity contribution >= 4 is 15.7 Å². The molecule has 0 spiro atoms. The highest BCUT2D eigenvalue weighted by atomic mass is 32.2. The van der Waals surface area contributed by atoms with Crippen molar-refractivity contribution in [1.82, 2.24) is 10.6 Å². The average molecular weight is 190 g/mol. The Bertz CT molecular complexity index is 311. The van der Waals surface area contributed by atoms with Crippen LogP contribution in [0.4, 0.5) is 0 Å². The summed E-state index contributed by atoms with van der Waals surface area (Å²) in [6, 6.07) is -0.288. The molecule has 2 rings (SSSR count). The van der Waals surface area contributed by atoms with Crippen LogP contribution in [-0.4, -0.2) is 44.5 Å². The van der Waals surface area contributed by atoms with Crippen LogP contribution >= 0.6 is 0 Å². The van der Waals surface area contributed by atoms with Crippen molar-refractivity contribution < 1.29 is 13.2 Å². The molecule has 0 saturated carbocycles. The van der Waals surface area contributed by atoms with E-state index in [2.05, 4.69) is 10.6 Å². The smallest absolute Gasteiger partial charge is 0.234 e. The fourth-order valence-electron chi connectivity index (χ4n) is 1.67. The number of hydrogen-bond acceptors (Lipinski definition) is 4. The zero-order valence-corrected chi connectivity index (χ0v) is 7.23. The highest BCUT2D eigenvalue weighted by molar-refractivity contribution is 7.91. The normalized spacial score (nSPS) is 38.8. The lowest BCUT2D eigenvalue weighted by Gasteiger charge is -2.25. The topological polar surface area (TPSA) is 75.3 Å². The molecule has 0 aliphatic carbocycles. The highest BCUT2D eigenvalue weighted by Gasteiger charge is 2.40. The Kier molecular flexibility index (Phi) is 1.62. The van der Waals surface area contributed by atoms with Crippen LogP contribution in [0.25, 0.3) is 0 Å². The standard InChI is InChI=1S/C6H10N2O3S/c9-6-1-7-4-2-12(10,11)3-5(4)8-6/h4-5,7H,1-3H2,(H,8,9)/t4-,5-/m1/s1. The van der Waals surface area contributed by atoms with E-state index >= 15 is 0 Å². The molecule has 2 aliphatic heterocycles. The van der Waals surface area contributed by atoms with Crippen molar-refractivity contribution in [2.75, 3.05) is 18.1 Å². The molecule has 2 N–H and O–H groups in total. The van der Waals surface area contributed by atoms with Crippen LogP contribution < -0.4 is 10.6 Å². The molecule has 0 aromatic heterocycles. The number of sulfone groups is 1. The van der Waals surface area contributed by atoms with Gasteiger partial charge in [-0.3, -0.25) is 4.79 Å². The molecule has 2 atom stereocenters. The number of piperazine rings is 1. The van der Waals surface area contributed by atoms with E-state index in [4.69, 9.17) is 0 Å². The monoisotopic (exact) mass is 190 g/mol. The Morgan fingerprint density at radius 2 is 1.92 bits per heavy atom. The van der Waals surface area contributed by atoms with Gasteiger partial charge in [-0.1, -0.05) is 0 Å². The molecular weight excluding hydrogens is 180 g/mol. The molecule has 0 aromatic carbocycles. The number of nitrogens with one attached hydrogen (secondary N) is 2. The molecule has 2 saturated heterocycles. The summed E-state index contributed by atoms with van der Waals surface area (Å²) in [4.78, 5) is 10.8. The van der Waals surface area contributed by atoms with Crippen molar-refractivity contribution in [2.24, 2.45) is 0 Å². The first-order valence-corrected chi connectivity index (χ1v) is 5.62. The summed E-state index contributed by atoms with van der Waals surface area (Å²) in [5.74, 6) is 0.113. The quantitative estimate of drug-likeness (QED) is 0.457. The Hall–Kier alpha value is -0.620. The Morgan fingerprint density at radius 3 is 2.67 bits per heavy atom. The molecule has 0 bridgehead atoms. The van der Waals surface area contributed by atoms with Gasteiger partial charge in [-0.15, -0.1) is 0 Å². The van der Waals surface area contributed by atoms with Crippen LogP contribution in [0.5, 0.6) is 0 Å². The number of carbonyl (C=O) groups is 1. The van der Waals surface area contributed by atoms with Crippen LogP contribution in [0.3, 0.4) is 0 Å². The minimum atomic E-state index is -2.93. The fraction of sp³-hybridized carbons (Fsp3) is 0.833. The van der Waals surface area contributed by atoms with Crippen molar-refractivity contribution in [3.63, 3.8) is 0 Å². The molecule has 2 aliphatic rings. The second-order valence-electron chi connectivity index (χ2n) is 3.24. The van der Waals surface area contributed by atoms with Crippen LogP contribution in [0.1, 0.15) is 0 Å². The SMILES string of the molecule is O=C1CN[C@@H]2CS(=O)(=O)C[C@H]2N1. The van der Waals surface area contributed by atoms with Gasteiger partial charge in [0.2, 0.25) is 5.91 Å². The maximum absolute atomic E-state index is 11.1. The summed E-state index contributed by atoms with van der Waals surface area (Å²) >= 11 is 0. The zero-order valence-electron chi connectivity index (χ0n) is 6.41. The van der Waals surface area contributed by atoms with Crippen molar-refractivity contribution in [2.45, 2.75) is 12.1 Å². The minimum Gasteiger partial charge on any atom is -0.350 e. The van der Waals surface area contributed by atoms with Gasteiger partial charge in [-0.25, -0.2) is 8.42 Å². The number of rotatable bonds is 0. The average Bonchev–Trinajstić information content (AvgIpc) is 2.21. The molecule has 1 amide bonds. The van der Waals surface area contributed by atoms with E-state index in [1.807, 2.05) is 0 Å². The minimum absolute atomic E-state index is 0.0762. The zero-order chi connectivity index (χ0) is 8.77. The molecule has 0 unspecified atom stereocenters. The van der Waals surface area contributed by atoms with Gasteiger partial charge in [0.15, 0.2) is 9.84 Å². The van der Waals surface area contributed by atoms with Crippen molar-refractivity contribution in [1.29, 1.82) is 0 Å². The van der Waals surface area contributed by atoms with Gasteiger partial charge in [0.1, 0.15) is 0 Å². The number of hydrogen-bond donors (Lipinski definition) is 2. The molecule has 6 heteroatoms. The van der Waals surface area contributed by atoms with E-state index in [9.17, 15) is 13.2 Å². The van der Waals surface area contributed by atoms with E-state index in [0.717, 1.165) is 0 Å². The first kappa shape index (κ1) is 8.00. The van der Waals surface area contributed by atoms with Gasteiger partial charge >= 0.3 is 0 Å². The predicted molar refractivity (Wildman–Crippen MR) is 42.4 cm³/mol. The van der Waals surface area contributed by atoms with Gasteiger partial charge in [0, 0.05) is 6.04 Å². The Morgan fingerprint density at radius 1 is 1.25 bits per heavy atom. The van der Waals surface area contributed by atoms with E-state index in [0.29, 0.717) is 0 Å². The maximum atomic E-state index is 11.1. The van der Waals surface area contributed by atoms with Crippen molar-refractivity contribution in [3.05, 3.63) is 0 Å². The summed E-state index contributed by atoms with van der Waals surface area (Å²) in [5.41, 5.74) is 0. The van der Waals surface area contributed by atoms with Crippen LogP contribution in [0.2, 0.25) is 0 Å². The molecular formula is C6H10N2O3S. The first-order chi connectivity index (χ1) is 5.57. The lowest BCUT2D eigenvalue weighted by molar-refractivity contribution is -0.122. The second-order valence-corrected chi connectivity index (χ2v) is 5.39. The van der Waals surface area contributed by atoms with Gasteiger partial charge in [0.05, 0.1) is 24.1 Å². The fourth-order valence-corrected chi connectivity index (χ4v) is 3.57. The van der Waals surface area contributed by atoms with Gasteiger partial charge in [0.25, 0.3) is 0 Å². The van der Waals surface area contributed by atoms with Crippen molar-refractivity contribution in [3.8, 4) is 0 Å². The summed E-state index contributed by atoms with van der Waals surface area (Å²) in [5, 5.41) is 5.55. The molecule has 2 heterocycles. The summed E-state index contributed by atoms with van der Waals surface area (Å²) in [6.07, 6.45) is 0. The largest absolute Gasteiger partial charge is 0.350 e. The third-order valence-corrected chi connectivity index (χ3v) is 3.96. The number of amides is 1. The Labute approximate surface area is 70.4 Å². The van der Waals surface area contributed by atoms with E-state index in [1.165, 1.54) is 0 Å². The summed E-state index contributed by atoms with van der Waals surface area (Å²) < 4.78 is 22.2. The summed E-state index contributed by atoms with van der Waals surface area (Å²) in [6.45, 7) is 0.233. The van der Waals surface area contributed by atoms with E-state index in [1.54, 1.807) is 0 Å². The lowest BCUT2D eigenvalue weighted by atomic mass is 10.1. The number of fused-ring (bicyclic) bond motifs is 1. The molecule has 0 radical (unpaired) electrons. The molecule has 2 fully saturated rings. The second kappa shape index (κ2) is 2.43. The third-order valence-electron chi connectivity index (χ3n) is 2.22. The first-order valence-electron chi connectivity index (χ1n) is 3.80. The highest BCUT2D eigenvalue weighted by Crippen LogP contribution is 2.14. The van der Waals surface area contributed by atoms with Gasteiger partial charge in [-0.2, -0.15) is 0 Å². The number of carbonyl (C=O) groups excluding carboxylic acids is 1.